The third-order valence-electron chi connectivity index (χ3n) is 13.0. The summed E-state index contributed by atoms with van der Waals surface area (Å²) in [6.45, 7) is 4.71. The van der Waals surface area contributed by atoms with Gasteiger partial charge in [0.25, 0.3) is 0 Å². The van der Waals surface area contributed by atoms with Gasteiger partial charge in [-0.3, -0.25) is 0 Å². The lowest BCUT2D eigenvalue weighted by Crippen LogP contribution is -2.23. The van der Waals surface area contributed by atoms with Crippen molar-refractivity contribution in [1.29, 1.82) is 0 Å². The molecule has 1 nitrogen and oxygen atoms in total. The summed E-state index contributed by atoms with van der Waals surface area (Å²) in [6, 6.07) is 81.8. The summed E-state index contributed by atoms with van der Waals surface area (Å²) in [6.07, 6.45) is 6.60. The van der Waals surface area contributed by atoms with Crippen LogP contribution in [0.3, 0.4) is 0 Å². The van der Waals surface area contributed by atoms with Crippen molar-refractivity contribution in [1.82, 2.24) is 0 Å². The normalized spacial score (nSPS) is 12.5. The minimum atomic E-state index is -0.0725. The summed E-state index contributed by atoms with van der Waals surface area (Å²) in [4.78, 5) is 2.38. The maximum absolute atomic E-state index is 2.46. The van der Waals surface area contributed by atoms with Gasteiger partial charge < -0.3 is 4.90 Å². The highest BCUT2D eigenvalue weighted by Crippen LogP contribution is 2.54. The van der Waals surface area contributed by atoms with Gasteiger partial charge in [0.2, 0.25) is 0 Å². The Labute approximate surface area is 367 Å². The number of benzene rings is 9. The van der Waals surface area contributed by atoms with Gasteiger partial charge in [-0.1, -0.05) is 214 Å². The fourth-order valence-electron chi connectivity index (χ4n) is 9.75. The predicted molar refractivity (Wildman–Crippen MR) is 265 cm³/mol. The van der Waals surface area contributed by atoms with Crippen molar-refractivity contribution in [2.75, 3.05) is 4.90 Å². The fourth-order valence-corrected chi connectivity index (χ4v) is 9.75. The summed E-state index contributed by atoms with van der Waals surface area (Å²) in [5, 5.41) is 0. The number of nitrogens with zero attached hydrogens (tertiary/aromatic N) is 1. The smallest absolute Gasteiger partial charge is 0.0465 e. The zero-order valence-corrected chi connectivity index (χ0v) is 35.4. The molecule has 0 N–H and O–H groups in total. The molecule has 0 atom stereocenters. The lowest BCUT2D eigenvalue weighted by atomic mass is 9.73. The first-order valence-electron chi connectivity index (χ1n) is 22.0. The van der Waals surface area contributed by atoms with E-state index in [1.807, 2.05) is 0 Å². The summed E-state index contributed by atoms with van der Waals surface area (Å²) in [5.41, 5.74) is 21.1. The Kier molecular flexibility index (Phi) is 10.5. The summed E-state index contributed by atoms with van der Waals surface area (Å²) >= 11 is 0. The van der Waals surface area contributed by atoms with Crippen molar-refractivity contribution in [2.24, 2.45) is 0 Å². The average molecular weight is 796 g/mol. The van der Waals surface area contributed by atoms with Gasteiger partial charge in [0.05, 0.1) is 0 Å². The van der Waals surface area contributed by atoms with Gasteiger partial charge in [-0.2, -0.15) is 0 Å². The van der Waals surface area contributed by atoms with Crippen molar-refractivity contribution in [2.45, 2.75) is 32.1 Å². The molecule has 9 aromatic carbocycles. The highest BCUT2D eigenvalue weighted by molar-refractivity contribution is 5.95. The lowest BCUT2D eigenvalue weighted by molar-refractivity contribution is 0.490. The molecule has 0 saturated carbocycles. The first-order chi connectivity index (χ1) is 30.6. The summed E-state index contributed by atoms with van der Waals surface area (Å²) in [7, 11) is 0. The van der Waals surface area contributed by atoms with Gasteiger partial charge in [-0.15, -0.1) is 0 Å². The molecule has 0 aromatic heterocycles. The molecule has 10 rings (SSSR count). The Morgan fingerprint density at radius 1 is 0.339 bits per heavy atom. The Morgan fingerprint density at radius 3 is 1.35 bits per heavy atom. The van der Waals surface area contributed by atoms with Crippen molar-refractivity contribution in [3.63, 3.8) is 0 Å². The van der Waals surface area contributed by atoms with Gasteiger partial charge in [-0.05, 0) is 127 Å². The van der Waals surface area contributed by atoms with E-state index in [2.05, 4.69) is 255 Å². The van der Waals surface area contributed by atoms with E-state index in [0.717, 1.165) is 24.2 Å². The van der Waals surface area contributed by atoms with Crippen LogP contribution in [-0.4, -0.2) is 0 Å². The van der Waals surface area contributed by atoms with Gasteiger partial charge in [0, 0.05) is 22.5 Å². The minimum Gasteiger partial charge on any atom is -0.310 e. The van der Waals surface area contributed by atoms with Crippen LogP contribution < -0.4 is 4.90 Å². The summed E-state index contributed by atoms with van der Waals surface area (Å²) in [5.74, 6) is 0. The Bertz CT molecular complexity index is 2940. The summed E-state index contributed by atoms with van der Waals surface area (Å²) < 4.78 is 0. The third-order valence-corrected chi connectivity index (χ3v) is 13.0. The SMILES string of the molecule is CCC1(CC)c2cc(/C=C/c3ccc(-c4c(-c5ccccc5)cccc4-c4ccc(-c5ccccc5)cc4)cc3)ccc2-c2ccc(N(c3ccccc3)c3ccccc3)cc21. The molecule has 0 radical (unpaired) electrons. The molecule has 0 amide bonds. The zero-order valence-electron chi connectivity index (χ0n) is 35.4. The van der Waals surface area contributed by atoms with E-state index >= 15 is 0 Å². The van der Waals surface area contributed by atoms with Gasteiger partial charge in [-0.25, -0.2) is 0 Å². The molecule has 0 heterocycles. The molecule has 0 unspecified atom stereocenters. The number of hydrogen-bond acceptors (Lipinski definition) is 1. The minimum absolute atomic E-state index is 0.0725. The van der Waals surface area contributed by atoms with Crippen LogP contribution in [0.2, 0.25) is 0 Å². The number of rotatable bonds is 11. The predicted octanol–water partition coefficient (Wildman–Crippen LogP) is 17.1. The van der Waals surface area contributed by atoms with E-state index in [0.29, 0.717) is 0 Å². The molecule has 9 aromatic rings. The molecule has 0 spiro atoms. The second-order valence-electron chi connectivity index (χ2n) is 16.3. The highest BCUT2D eigenvalue weighted by atomic mass is 15.1. The zero-order chi connectivity index (χ0) is 41.9. The lowest BCUT2D eigenvalue weighted by Gasteiger charge is -2.32. The van der Waals surface area contributed by atoms with Crippen LogP contribution in [-0.2, 0) is 5.41 Å². The van der Waals surface area contributed by atoms with Crippen molar-refractivity contribution >= 4 is 29.2 Å². The molecule has 298 valence electrons. The number of fused-ring (bicyclic) bond motifs is 3. The van der Waals surface area contributed by atoms with Crippen LogP contribution in [0.15, 0.2) is 224 Å². The average Bonchev–Trinajstić information content (AvgIpc) is 3.63. The van der Waals surface area contributed by atoms with Crippen LogP contribution in [0, 0.1) is 0 Å². The maximum Gasteiger partial charge on any atom is 0.0465 e. The second-order valence-corrected chi connectivity index (χ2v) is 16.3. The van der Waals surface area contributed by atoms with Crippen LogP contribution in [0.5, 0.6) is 0 Å². The Balaban J connectivity index is 0.967. The molecular formula is C61H49N. The van der Waals surface area contributed by atoms with E-state index in [9.17, 15) is 0 Å². The van der Waals surface area contributed by atoms with E-state index in [1.165, 1.54) is 83.6 Å². The fraction of sp³-hybridized carbons (Fsp3) is 0.0820. The second kappa shape index (κ2) is 16.9. The van der Waals surface area contributed by atoms with E-state index < -0.39 is 0 Å². The molecular weight excluding hydrogens is 747 g/mol. The quantitative estimate of drug-likeness (QED) is 0.118. The molecule has 1 aliphatic carbocycles. The molecule has 1 heteroatoms. The molecule has 0 bridgehead atoms. The van der Waals surface area contributed by atoms with Crippen molar-refractivity contribution in [3.8, 4) is 55.6 Å². The number of hydrogen-bond donors (Lipinski definition) is 0. The highest BCUT2D eigenvalue weighted by Gasteiger charge is 2.41. The molecule has 0 aliphatic heterocycles. The molecule has 0 saturated heterocycles. The van der Waals surface area contributed by atoms with Crippen LogP contribution in [0.1, 0.15) is 48.9 Å². The Morgan fingerprint density at radius 2 is 0.774 bits per heavy atom. The van der Waals surface area contributed by atoms with Crippen LogP contribution in [0.25, 0.3) is 67.8 Å². The Hall–Kier alpha value is -7.48. The van der Waals surface area contributed by atoms with Crippen LogP contribution in [0.4, 0.5) is 17.1 Å². The molecule has 62 heavy (non-hydrogen) atoms. The van der Waals surface area contributed by atoms with E-state index in [1.54, 1.807) is 0 Å². The molecule has 0 fully saturated rings. The van der Waals surface area contributed by atoms with E-state index in [4.69, 9.17) is 0 Å². The van der Waals surface area contributed by atoms with Gasteiger partial charge >= 0.3 is 0 Å². The van der Waals surface area contributed by atoms with Gasteiger partial charge in [0.15, 0.2) is 0 Å². The third kappa shape index (κ3) is 7.16. The van der Waals surface area contributed by atoms with Crippen molar-refractivity contribution in [3.05, 3.63) is 247 Å². The maximum atomic E-state index is 2.46. The number of para-hydroxylation sites is 2. The van der Waals surface area contributed by atoms with Gasteiger partial charge in [0.1, 0.15) is 0 Å². The largest absolute Gasteiger partial charge is 0.310 e. The molecule has 1 aliphatic rings. The topological polar surface area (TPSA) is 3.24 Å². The standard InChI is InChI=1S/C61H49N/c1-3-61(4-2)58-42-45(32-40-56(58)57-41-39-53(43-59(57)61)62(51-22-13-7-14-23-51)52-24-15-8-16-25-52)29-28-44-30-33-50(34-31-44)60-54(48-20-11-6-12-21-48)26-17-27-55(60)49-37-35-47(36-38-49)46-18-9-5-10-19-46/h5-43H,3-4H2,1-2H3/b29-28+. The first-order valence-corrected chi connectivity index (χ1v) is 22.0. The number of anilines is 3. The first kappa shape index (κ1) is 38.7. The monoisotopic (exact) mass is 795 g/mol. The van der Waals surface area contributed by atoms with Crippen LogP contribution >= 0.6 is 0 Å². The van der Waals surface area contributed by atoms with E-state index in [-0.39, 0.29) is 5.41 Å². The van der Waals surface area contributed by atoms with Crippen molar-refractivity contribution < 1.29 is 0 Å².